The van der Waals surface area contributed by atoms with Crippen molar-refractivity contribution in [2.24, 2.45) is 17.3 Å². The Hall–Kier alpha value is -0.550. The zero-order chi connectivity index (χ0) is 11.8. The number of nitrogens with zero attached hydrogens (tertiary/aromatic N) is 1. The van der Waals surface area contributed by atoms with Crippen LogP contribution in [0.4, 0.5) is 0 Å². The summed E-state index contributed by atoms with van der Waals surface area (Å²) >= 11 is 0. The highest BCUT2D eigenvalue weighted by molar-refractivity contribution is 5.19. The molecule has 2 aliphatic carbocycles. The van der Waals surface area contributed by atoms with E-state index in [4.69, 9.17) is 0 Å². The van der Waals surface area contributed by atoms with Gasteiger partial charge in [-0.1, -0.05) is 26.7 Å². The molecule has 2 saturated carbocycles. The lowest BCUT2D eigenvalue weighted by Gasteiger charge is -2.45. The van der Waals surface area contributed by atoms with Crippen molar-refractivity contribution in [1.82, 2.24) is 0 Å². The van der Waals surface area contributed by atoms with Crippen molar-refractivity contribution < 1.29 is 5.11 Å². The van der Waals surface area contributed by atoms with Crippen LogP contribution in [0.15, 0.2) is 0 Å². The molecule has 0 saturated heterocycles. The Morgan fingerprint density at radius 2 is 2.19 bits per heavy atom. The smallest absolute Gasteiger partial charge is 0.0890 e. The van der Waals surface area contributed by atoms with Gasteiger partial charge in [0.25, 0.3) is 0 Å². The highest BCUT2D eigenvalue weighted by Gasteiger charge is 2.60. The summed E-state index contributed by atoms with van der Waals surface area (Å²) in [6.07, 6.45) is 7.02. The fourth-order valence-electron chi connectivity index (χ4n) is 4.27. The highest BCUT2D eigenvalue weighted by atomic mass is 16.3. The molecule has 1 N–H and O–H groups in total. The predicted octanol–water partition coefficient (Wildman–Crippen LogP) is 3.26. The first-order chi connectivity index (χ1) is 7.62. The summed E-state index contributed by atoms with van der Waals surface area (Å²) in [4.78, 5) is 0. The second-order valence-electron chi connectivity index (χ2n) is 5.80. The third kappa shape index (κ3) is 1.41. The normalized spacial score (nSPS) is 40.6. The molecule has 90 valence electrons. The lowest BCUT2D eigenvalue weighted by atomic mass is 9.61. The van der Waals surface area contributed by atoms with Gasteiger partial charge in [0.2, 0.25) is 0 Å². The van der Waals surface area contributed by atoms with Crippen LogP contribution in [-0.2, 0) is 0 Å². The summed E-state index contributed by atoms with van der Waals surface area (Å²) in [5, 5.41) is 20.5. The quantitative estimate of drug-likeness (QED) is 0.792. The molecule has 16 heavy (non-hydrogen) atoms. The van der Waals surface area contributed by atoms with Crippen LogP contribution in [0, 0.1) is 28.6 Å². The molecule has 4 unspecified atom stereocenters. The minimum absolute atomic E-state index is 0.430. The Balaban J connectivity index is 2.31. The van der Waals surface area contributed by atoms with E-state index >= 15 is 0 Å². The van der Waals surface area contributed by atoms with Crippen molar-refractivity contribution in [3.63, 3.8) is 0 Å². The predicted molar refractivity (Wildman–Crippen MR) is 63.6 cm³/mol. The Labute approximate surface area is 98.7 Å². The molecule has 4 atom stereocenters. The van der Waals surface area contributed by atoms with E-state index in [0.717, 1.165) is 32.1 Å². The van der Waals surface area contributed by atoms with Gasteiger partial charge in [0.1, 0.15) is 0 Å². The fourth-order valence-corrected chi connectivity index (χ4v) is 4.27. The molecule has 0 aromatic carbocycles. The van der Waals surface area contributed by atoms with E-state index in [1.165, 1.54) is 12.8 Å². The fraction of sp³-hybridized carbons (Fsp3) is 0.929. The van der Waals surface area contributed by atoms with Crippen LogP contribution >= 0.6 is 0 Å². The summed E-state index contributed by atoms with van der Waals surface area (Å²) in [6, 6.07) is 2.54. The van der Waals surface area contributed by atoms with Gasteiger partial charge in [-0.3, -0.25) is 0 Å². The van der Waals surface area contributed by atoms with Gasteiger partial charge in [0, 0.05) is 0 Å². The molecule has 2 nitrogen and oxygen atoms in total. The molecular formula is C14H23NO. The zero-order valence-electron chi connectivity index (χ0n) is 10.5. The summed E-state index contributed by atoms with van der Waals surface area (Å²) in [5.41, 5.74) is -1.17. The van der Waals surface area contributed by atoms with E-state index in [1.807, 2.05) is 6.92 Å². The van der Waals surface area contributed by atoms with Crippen LogP contribution in [0.5, 0.6) is 0 Å². The van der Waals surface area contributed by atoms with Crippen molar-refractivity contribution in [3.8, 4) is 6.07 Å². The molecule has 2 bridgehead atoms. The Kier molecular flexibility index (Phi) is 3.01. The minimum Gasteiger partial charge on any atom is -0.388 e. The standard InChI is InChI=1S/C14H23NO/c1-3-7-14(16,4-2)13(10-15)9-11-5-6-12(13)8-11/h11-12,16H,3-9H2,1-2H3. The molecule has 0 spiro atoms. The van der Waals surface area contributed by atoms with E-state index in [0.29, 0.717) is 11.8 Å². The second-order valence-corrected chi connectivity index (χ2v) is 5.80. The average Bonchev–Trinajstić information content (AvgIpc) is 2.89. The Morgan fingerprint density at radius 1 is 1.44 bits per heavy atom. The van der Waals surface area contributed by atoms with Gasteiger partial charge in [-0.05, 0) is 43.9 Å². The second kappa shape index (κ2) is 4.04. The van der Waals surface area contributed by atoms with Crippen molar-refractivity contribution in [1.29, 1.82) is 5.26 Å². The molecule has 2 fully saturated rings. The van der Waals surface area contributed by atoms with Gasteiger partial charge in [-0.15, -0.1) is 0 Å². The molecule has 2 rings (SSSR count). The number of rotatable bonds is 4. The SMILES string of the molecule is CCCC(O)(CC)C1(C#N)CC2CCC1C2. The van der Waals surface area contributed by atoms with E-state index < -0.39 is 11.0 Å². The summed E-state index contributed by atoms with van der Waals surface area (Å²) in [7, 11) is 0. The van der Waals surface area contributed by atoms with Crippen LogP contribution in [0.25, 0.3) is 0 Å². The summed E-state index contributed by atoms with van der Waals surface area (Å²) in [5.74, 6) is 1.17. The largest absolute Gasteiger partial charge is 0.388 e. The maximum absolute atomic E-state index is 10.9. The van der Waals surface area contributed by atoms with Crippen molar-refractivity contribution >= 4 is 0 Å². The van der Waals surface area contributed by atoms with E-state index in [-0.39, 0.29) is 0 Å². The molecular weight excluding hydrogens is 198 g/mol. The third-order valence-electron chi connectivity index (χ3n) is 5.13. The highest BCUT2D eigenvalue weighted by Crippen LogP contribution is 2.61. The van der Waals surface area contributed by atoms with E-state index in [1.54, 1.807) is 0 Å². The Morgan fingerprint density at radius 3 is 2.56 bits per heavy atom. The lowest BCUT2D eigenvalue weighted by Crippen LogP contribution is -2.50. The molecule has 0 amide bonds. The molecule has 0 radical (unpaired) electrons. The molecule has 2 heteroatoms. The topological polar surface area (TPSA) is 44.0 Å². The van der Waals surface area contributed by atoms with Gasteiger partial charge in [-0.2, -0.15) is 5.26 Å². The Bertz CT molecular complexity index is 308. The van der Waals surface area contributed by atoms with Crippen LogP contribution in [0.2, 0.25) is 0 Å². The number of fused-ring (bicyclic) bond motifs is 2. The zero-order valence-corrected chi connectivity index (χ0v) is 10.5. The molecule has 0 heterocycles. The minimum atomic E-state index is -0.740. The van der Waals surface area contributed by atoms with Crippen LogP contribution in [0.1, 0.15) is 58.8 Å². The van der Waals surface area contributed by atoms with Crippen LogP contribution < -0.4 is 0 Å². The van der Waals surface area contributed by atoms with Gasteiger partial charge in [0.15, 0.2) is 0 Å². The van der Waals surface area contributed by atoms with Gasteiger partial charge in [0.05, 0.1) is 17.1 Å². The maximum Gasteiger partial charge on any atom is 0.0890 e. The maximum atomic E-state index is 10.9. The first-order valence-corrected chi connectivity index (χ1v) is 6.75. The van der Waals surface area contributed by atoms with E-state index in [9.17, 15) is 10.4 Å². The number of aliphatic hydroxyl groups is 1. The summed E-state index contributed by atoms with van der Waals surface area (Å²) in [6.45, 7) is 4.12. The molecule has 2 aliphatic rings. The van der Waals surface area contributed by atoms with Gasteiger partial charge in [-0.25, -0.2) is 0 Å². The van der Waals surface area contributed by atoms with E-state index in [2.05, 4.69) is 13.0 Å². The van der Waals surface area contributed by atoms with Crippen molar-refractivity contribution in [3.05, 3.63) is 0 Å². The molecule has 0 aromatic heterocycles. The lowest BCUT2D eigenvalue weighted by molar-refractivity contribution is -0.0909. The summed E-state index contributed by atoms with van der Waals surface area (Å²) < 4.78 is 0. The monoisotopic (exact) mass is 221 g/mol. The number of hydrogen-bond donors (Lipinski definition) is 1. The number of hydrogen-bond acceptors (Lipinski definition) is 2. The van der Waals surface area contributed by atoms with Crippen LogP contribution in [-0.4, -0.2) is 10.7 Å². The third-order valence-corrected chi connectivity index (χ3v) is 5.13. The van der Waals surface area contributed by atoms with Gasteiger partial charge < -0.3 is 5.11 Å². The first-order valence-electron chi connectivity index (χ1n) is 6.75. The van der Waals surface area contributed by atoms with Gasteiger partial charge >= 0.3 is 0 Å². The average molecular weight is 221 g/mol. The first kappa shape index (κ1) is 11.9. The van der Waals surface area contributed by atoms with Crippen molar-refractivity contribution in [2.45, 2.75) is 64.4 Å². The number of nitriles is 1. The molecule has 0 aromatic rings. The van der Waals surface area contributed by atoms with Crippen molar-refractivity contribution in [2.75, 3.05) is 0 Å². The molecule has 0 aliphatic heterocycles. The van der Waals surface area contributed by atoms with Crippen LogP contribution in [0.3, 0.4) is 0 Å².